The maximum Gasteiger partial charge on any atom is 0.360 e. The minimum atomic E-state index is -3.33. The van der Waals surface area contributed by atoms with Crippen LogP contribution in [-0.2, 0) is 26.1 Å². The number of piperidine rings is 1. The van der Waals surface area contributed by atoms with E-state index in [9.17, 15) is 18.0 Å². The number of aromatic nitrogens is 2. The smallest absolute Gasteiger partial charge is 0.360 e. The van der Waals surface area contributed by atoms with Gasteiger partial charge in [0.05, 0.1) is 25.0 Å². The average molecular weight is 358 g/mol. The van der Waals surface area contributed by atoms with Gasteiger partial charge in [0, 0.05) is 25.8 Å². The van der Waals surface area contributed by atoms with Crippen molar-refractivity contribution in [2.75, 3.05) is 31.8 Å². The fourth-order valence-electron chi connectivity index (χ4n) is 2.61. The van der Waals surface area contributed by atoms with Gasteiger partial charge >= 0.3 is 5.97 Å². The molecule has 0 spiro atoms. The fraction of sp³-hybridized carbons (Fsp3) is 0.643. The summed E-state index contributed by atoms with van der Waals surface area (Å²) >= 11 is 0. The predicted molar refractivity (Wildman–Crippen MR) is 87.0 cm³/mol. The number of rotatable bonds is 5. The summed E-state index contributed by atoms with van der Waals surface area (Å²) in [6.07, 6.45) is 3.89. The lowest BCUT2D eigenvalue weighted by Gasteiger charge is -2.30. The predicted octanol–water partition coefficient (Wildman–Crippen LogP) is 0.300. The molecule has 0 unspecified atom stereocenters. The van der Waals surface area contributed by atoms with E-state index in [0.29, 0.717) is 25.9 Å². The first kappa shape index (κ1) is 18.4. The Kier molecular flexibility index (Phi) is 5.60. The van der Waals surface area contributed by atoms with Crippen LogP contribution < -0.4 is 5.32 Å². The van der Waals surface area contributed by atoms with Gasteiger partial charge in [-0.05, 0) is 19.8 Å². The maximum atomic E-state index is 12.5. The first-order chi connectivity index (χ1) is 11.3. The molecular weight excluding hydrogens is 336 g/mol. The molecule has 1 aliphatic heterocycles. The van der Waals surface area contributed by atoms with Gasteiger partial charge in [-0.1, -0.05) is 0 Å². The molecule has 1 aromatic heterocycles. The van der Waals surface area contributed by atoms with Crippen LogP contribution >= 0.6 is 0 Å². The second-order valence-electron chi connectivity index (χ2n) is 5.69. The van der Waals surface area contributed by atoms with Crippen LogP contribution in [0.1, 0.15) is 30.3 Å². The number of anilines is 1. The van der Waals surface area contributed by atoms with Gasteiger partial charge < -0.3 is 10.1 Å². The van der Waals surface area contributed by atoms with Crippen molar-refractivity contribution < 1.29 is 22.7 Å². The quantitative estimate of drug-likeness (QED) is 0.758. The van der Waals surface area contributed by atoms with Gasteiger partial charge in [-0.15, -0.1) is 0 Å². The van der Waals surface area contributed by atoms with Gasteiger partial charge in [-0.3, -0.25) is 9.48 Å². The third kappa shape index (κ3) is 4.12. The summed E-state index contributed by atoms with van der Waals surface area (Å²) < 4.78 is 30.8. The SMILES string of the molecule is CCn1cc(NC(=O)[C@@H]2CCCN(S(C)(=O)=O)C2)c(C(=O)OC)n1. The van der Waals surface area contributed by atoms with Crippen molar-refractivity contribution in [2.45, 2.75) is 26.3 Å². The number of amides is 1. The average Bonchev–Trinajstić information content (AvgIpc) is 2.96. The van der Waals surface area contributed by atoms with Crippen LogP contribution in [0.15, 0.2) is 6.20 Å². The van der Waals surface area contributed by atoms with E-state index < -0.39 is 21.9 Å². The maximum absolute atomic E-state index is 12.5. The molecule has 1 saturated heterocycles. The van der Waals surface area contributed by atoms with Crippen LogP contribution in [0.4, 0.5) is 5.69 Å². The van der Waals surface area contributed by atoms with E-state index in [1.54, 1.807) is 6.20 Å². The van der Waals surface area contributed by atoms with E-state index in [-0.39, 0.29) is 23.8 Å². The number of hydrogen-bond donors (Lipinski definition) is 1. The van der Waals surface area contributed by atoms with E-state index >= 15 is 0 Å². The molecule has 0 saturated carbocycles. The largest absolute Gasteiger partial charge is 0.464 e. The fourth-order valence-corrected chi connectivity index (χ4v) is 3.53. The van der Waals surface area contributed by atoms with E-state index in [2.05, 4.69) is 15.2 Å². The molecule has 1 N–H and O–H groups in total. The van der Waals surface area contributed by atoms with Gasteiger partial charge in [0.1, 0.15) is 0 Å². The number of esters is 1. The summed E-state index contributed by atoms with van der Waals surface area (Å²) in [7, 11) is -2.09. The molecule has 2 heterocycles. The molecule has 1 aliphatic rings. The highest BCUT2D eigenvalue weighted by Gasteiger charge is 2.31. The van der Waals surface area contributed by atoms with Crippen molar-refractivity contribution in [1.29, 1.82) is 0 Å². The molecule has 1 amide bonds. The number of hydrogen-bond acceptors (Lipinski definition) is 6. The van der Waals surface area contributed by atoms with Crippen molar-refractivity contribution in [1.82, 2.24) is 14.1 Å². The standard InChI is InChI=1S/C14H22N4O5S/c1-4-17-9-11(12(16-17)14(20)23-2)15-13(19)10-6-5-7-18(8-10)24(3,21)22/h9-10H,4-8H2,1-3H3,(H,15,19)/t10-/m1/s1. The minimum Gasteiger partial charge on any atom is -0.464 e. The molecule has 24 heavy (non-hydrogen) atoms. The van der Waals surface area contributed by atoms with E-state index in [1.165, 1.54) is 16.1 Å². The normalized spacial score (nSPS) is 19.0. The van der Waals surface area contributed by atoms with Crippen molar-refractivity contribution in [3.05, 3.63) is 11.9 Å². The van der Waals surface area contributed by atoms with E-state index in [1.807, 2.05) is 6.92 Å². The summed E-state index contributed by atoms with van der Waals surface area (Å²) in [6, 6.07) is 0. The van der Waals surface area contributed by atoms with Crippen LogP contribution in [0.2, 0.25) is 0 Å². The van der Waals surface area contributed by atoms with Crippen LogP contribution in [0.3, 0.4) is 0 Å². The third-order valence-corrected chi connectivity index (χ3v) is 5.22. The van der Waals surface area contributed by atoms with Crippen LogP contribution in [-0.4, -0.2) is 60.8 Å². The van der Waals surface area contributed by atoms with Crippen LogP contribution in [0.25, 0.3) is 0 Å². The third-order valence-electron chi connectivity index (χ3n) is 3.95. The molecule has 10 heteroatoms. The van der Waals surface area contributed by atoms with Crippen molar-refractivity contribution >= 4 is 27.6 Å². The Labute approximate surface area is 141 Å². The number of ether oxygens (including phenoxy) is 1. The summed E-state index contributed by atoms with van der Waals surface area (Å²) in [5, 5.41) is 6.75. The highest BCUT2D eigenvalue weighted by Crippen LogP contribution is 2.22. The number of carbonyl (C=O) groups is 2. The number of nitrogens with zero attached hydrogens (tertiary/aromatic N) is 3. The van der Waals surface area contributed by atoms with Gasteiger partial charge in [0.15, 0.2) is 5.69 Å². The Morgan fingerprint density at radius 1 is 1.46 bits per heavy atom. The van der Waals surface area contributed by atoms with Crippen molar-refractivity contribution in [2.24, 2.45) is 5.92 Å². The Balaban J connectivity index is 2.14. The van der Waals surface area contributed by atoms with Gasteiger partial charge in [-0.25, -0.2) is 17.5 Å². The number of methoxy groups -OCH3 is 1. The summed E-state index contributed by atoms with van der Waals surface area (Å²) in [5.41, 5.74) is 0.300. The molecule has 0 aromatic carbocycles. The van der Waals surface area contributed by atoms with Crippen LogP contribution in [0.5, 0.6) is 0 Å². The van der Waals surface area contributed by atoms with E-state index in [4.69, 9.17) is 0 Å². The zero-order valence-corrected chi connectivity index (χ0v) is 14.8. The number of aryl methyl sites for hydroxylation is 1. The van der Waals surface area contributed by atoms with Crippen molar-refractivity contribution in [3.8, 4) is 0 Å². The van der Waals surface area contributed by atoms with Crippen LogP contribution in [0, 0.1) is 5.92 Å². The Hall–Kier alpha value is -1.94. The van der Waals surface area contributed by atoms with Gasteiger partial charge in [0.2, 0.25) is 15.9 Å². The first-order valence-corrected chi connectivity index (χ1v) is 9.52. The molecule has 0 radical (unpaired) electrons. The lowest BCUT2D eigenvalue weighted by atomic mass is 9.99. The highest BCUT2D eigenvalue weighted by molar-refractivity contribution is 7.88. The first-order valence-electron chi connectivity index (χ1n) is 7.68. The van der Waals surface area contributed by atoms with E-state index in [0.717, 1.165) is 6.26 Å². The molecule has 134 valence electrons. The lowest BCUT2D eigenvalue weighted by molar-refractivity contribution is -0.120. The Morgan fingerprint density at radius 3 is 2.75 bits per heavy atom. The molecule has 1 atom stereocenters. The summed E-state index contributed by atoms with van der Waals surface area (Å²) in [6.45, 7) is 2.94. The second kappa shape index (κ2) is 7.31. The molecule has 0 bridgehead atoms. The zero-order chi connectivity index (χ0) is 17.9. The number of carbonyl (C=O) groups excluding carboxylic acids is 2. The number of nitrogens with one attached hydrogen (secondary N) is 1. The molecule has 1 fully saturated rings. The van der Waals surface area contributed by atoms with Gasteiger partial charge in [0.25, 0.3) is 0 Å². The molecule has 9 nitrogen and oxygen atoms in total. The second-order valence-corrected chi connectivity index (χ2v) is 7.67. The zero-order valence-electron chi connectivity index (χ0n) is 14.0. The molecule has 0 aliphatic carbocycles. The lowest BCUT2D eigenvalue weighted by Crippen LogP contribution is -2.43. The topological polar surface area (TPSA) is 111 Å². The monoisotopic (exact) mass is 358 g/mol. The number of sulfonamides is 1. The highest BCUT2D eigenvalue weighted by atomic mass is 32.2. The Bertz CT molecular complexity index is 728. The Morgan fingerprint density at radius 2 is 2.17 bits per heavy atom. The summed E-state index contributed by atoms with van der Waals surface area (Å²) in [5.74, 6) is -1.44. The molecule has 1 aromatic rings. The molecule has 2 rings (SSSR count). The molecular formula is C14H22N4O5S. The van der Waals surface area contributed by atoms with Gasteiger partial charge in [-0.2, -0.15) is 5.10 Å². The minimum absolute atomic E-state index is 0.0310. The van der Waals surface area contributed by atoms with Crippen molar-refractivity contribution in [3.63, 3.8) is 0 Å². The summed E-state index contributed by atoms with van der Waals surface area (Å²) in [4.78, 5) is 24.2.